The van der Waals surface area contributed by atoms with Crippen LogP contribution in [0, 0.1) is 17.1 Å². The summed E-state index contributed by atoms with van der Waals surface area (Å²) in [4.78, 5) is 15.9. The van der Waals surface area contributed by atoms with E-state index in [1.54, 1.807) is 6.07 Å². The standard InChI is InChI=1S/C16H19FN4O/c17-14-2-1-12(13(9-14)10-18)11-20-6-3-15(4-7-20)21-8-5-19-16(21)22/h1-2,9,15H,3-8,11H2,(H,19,22). The SMILES string of the molecule is N#Cc1cc(F)ccc1CN1CCC(N2CCNC2=O)CC1. The number of rotatable bonds is 3. The summed E-state index contributed by atoms with van der Waals surface area (Å²) in [6, 6.07) is 6.79. The van der Waals surface area contributed by atoms with Gasteiger partial charge in [0.2, 0.25) is 0 Å². The highest BCUT2D eigenvalue weighted by molar-refractivity contribution is 5.76. The zero-order valence-electron chi connectivity index (χ0n) is 12.4. The Hall–Kier alpha value is -2.13. The summed E-state index contributed by atoms with van der Waals surface area (Å²) in [6.45, 7) is 3.95. The van der Waals surface area contributed by atoms with E-state index in [1.807, 2.05) is 4.90 Å². The van der Waals surface area contributed by atoms with Gasteiger partial charge in [0.05, 0.1) is 11.6 Å². The van der Waals surface area contributed by atoms with Gasteiger partial charge < -0.3 is 10.2 Å². The van der Waals surface area contributed by atoms with Gasteiger partial charge in [0.15, 0.2) is 0 Å². The van der Waals surface area contributed by atoms with Crippen molar-refractivity contribution in [3.05, 3.63) is 35.1 Å². The van der Waals surface area contributed by atoms with Crippen LogP contribution in [0.4, 0.5) is 9.18 Å². The van der Waals surface area contributed by atoms with Crippen molar-refractivity contribution in [2.75, 3.05) is 26.2 Å². The lowest BCUT2D eigenvalue weighted by Gasteiger charge is -2.36. The third kappa shape index (κ3) is 3.04. The van der Waals surface area contributed by atoms with Crippen LogP contribution in [0.2, 0.25) is 0 Å². The Morgan fingerprint density at radius 2 is 2.09 bits per heavy atom. The minimum Gasteiger partial charge on any atom is -0.336 e. The Kier molecular flexibility index (Phi) is 4.25. The molecule has 2 saturated heterocycles. The van der Waals surface area contributed by atoms with E-state index in [4.69, 9.17) is 5.26 Å². The maximum Gasteiger partial charge on any atom is 0.317 e. The van der Waals surface area contributed by atoms with Crippen molar-refractivity contribution >= 4 is 6.03 Å². The van der Waals surface area contributed by atoms with Crippen molar-refractivity contribution in [2.24, 2.45) is 0 Å². The normalized spacial score (nSPS) is 20.0. The second-order valence-electron chi connectivity index (χ2n) is 5.85. The number of carbonyl (C=O) groups is 1. The molecule has 0 saturated carbocycles. The summed E-state index contributed by atoms with van der Waals surface area (Å²) in [5.74, 6) is -0.376. The number of nitrogens with one attached hydrogen (secondary N) is 1. The molecule has 0 unspecified atom stereocenters. The first-order valence-electron chi connectivity index (χ1n) is 7.63. The molecule has 1 aromatic rings. The van der Waals surface area contributed by atoms with Crippen LogP contribution < -0.4 is 5.32 Å². The zero-order valence-corrected chi connectivity index (χ0v) is 12.4. The predicted molar refractivity (Wildman–Crippen MR) is 79.5 cm³/mol. The number of benzene rings is 1. The number of piperidine rings is 1. The van der Waals surface area contributed by atoms with Crippen LogP contribution in [-0.4, -0.2) is 48.1 Å². The third-order valence-electron chi connectivity index (χ3n) is 4.47. The molecular weight excluding hydrogens is 283 g/mol. The van der Waals surface area contributed by atoms with Crippen molar-refractivity contribution < 1.29 is 9.18 Å². The molecule has 116 valence electrons. The molecule has 3 rings (SSSR count). The molecule has 5 nitrogen and oxygen atoms in total. The third-order valence-corrected chi connectivity index (χ3v) is 4.47. The Morgan fingerprint density at radius 1 is 1.32 bits per heavy atom. The number of hydrogen-bond acceptors (Lipinski definition) is 3. The van der Waals surface area contributed by atoms with Crippen LogP contribution in [0.25, 0.3) is 0 Å². The molecule has 0 aliphatic carbocycles. The van der Waals surface area contributed by atoms with Gasteiger partial charge in [0.25, 0.3) is 0 Å². The lowest BCUT2D eigenvalue weighted by molar-refractivity contribution is 0.132. The van der Waals surface area contributed by atoms with Gasteiger partial charge in [-0.2, -0.15) is 5.26 Å². The Balaban J connectivity index is 1.58. The minimum absolute atomic E-state index is 0.0451. The topological polar surface area (TPSA) is 59.4 Å². The monoisotopic (exact) mass is 302 g/mol. The molecule has 0 spiro atoms. The first-order chi connectivity index (χ1) is 10.7. The number of carbonyl (C=O) groups excluding carboxylic acids is 1. The van der Waals surface area contributed by atoms with Gasteiger partial charge in [-0.05, 0) is 30.5 Å². The highest BCUT2D eigenvalue weighted by atomic mass is 19.1. The fraction of sp³-hybridized carbons (Fsp3) is 0.500. The second kappa shape index (κ2) is 6.32. The van der Waals surface area contributed by atoms with Crippen molar-refractivity contribution in [3.63, 3.8) is 0 Å². The van der Waals surface area contributed by atoms with E-state index < -0.39 is 0 Å². The quantitative estimate of drug-likeness (QED) is 0.924. The molecule has 2 fully saturated rings. The number of amides is 2. The van der Waals surface area contributed by atoms with Gasteiger partial charge in [-0.25, -0.2) is 9.18 Å². The van der Waals surface area contributed by atoms with Crippen molar-refractivity contribution in [1.82, 2.24) is 15.1 Å². The molecule has 2 aliphatic rings. The number of halogens is 1. The number of hydrogen-bond donors (Lipinski definition) is 1. The minimum atomic E-state index is -0.376. The van der Waals surface area contributed by atoms with E-state index in [0.717, 1.165) is 44.6 Å². The van der Waals surface area contributed by atoms with Crippen LogP contribution in [0.1, 0.15) is 24.0 Å². The van der Waals surface area contributed by atoms with Gasteiger partial charge in [0, 0.05) is 38.8 Å². The fourth-order valence-corrected chi connectivity index (χ4v) is 3.26. The van der Waals surface area contributed by atoms with E-state index in [0.29, 0.717) is 18.2 Å². The summed E-state index contributed by atoms with van der Waals surface area (Å²) in [7, 11) is 0. The number of urea groups is 1. The Bertz CT molecular complexity index is 605. The molecule has 2 amide bonds. The lowest BCUT2D eigenvalue weighted by atomic mass is 10.0. The smallest absolute Gasteiger partial charge is 0.317 e. The molecule has 2 aliphatic heterocycles. The largest absolute Gasteiger partial charge is 0.336 e. The first kappa shape index (κ1) is 14.8. The van der Waals surface area contributed by atoms with Crippen LogP contribution in [0.5, 0.6) is 0 Å². The predicted octanol–water partition coefficient (Wildman–Crippen LogP) is 1.69. The highest BCUT2D eigenvalue weighted by Crippen LogP contribution is 2.21. The van der Waals surface area contributed by atoms with Gasteiger partial charge in [-0.3, -0.25) is 4.90 Å². The molecule has 2 heterocycles. The van der Waals surface area contributed by atoms with Crippen molar-refractivity contribution in [2.45, 2.75) is 25.4 Å². The van der Waals surface area contributed by atoms with Gasteiger partial charge >= 0.3 is 6.03 Å². The number of likely N-dealkylation sites (tertiary alicyclic amines) is 1. The Labute approximate surface area is 129 Å². The van der Waals surface area contributed by atoms with Crippen molar-refractivity contribution in [3.8, 4) is 6.07 Å². The molecular formula is C16H19FN4O. The molecule has 6 heteroatoms. The van der Waals surface area contributed by atoms with E-state index >= 15 is 0 Å². The maximum absolute atomic E-state index is 13.2. The van der Waals surface area contributed by atoms with E-state index in [9.17, 15) is 9.18 Å². The number of nitriles is 1. The van der Waals surface area contributed by atoms with Crippen LogP contribution in [-0.2, 0) is 6.54 Å². The highest BCUT2D eigenvalue weighted by Gasteiger charge is 2.30. The molecule has 0 atom stereocenters. The first-order valence-corrected chi connectivity index (χ1v) is 7.63. The molecule has 1 N–H and O–H groups in total. The molecule has 1 aromatic carbocycles. The van der Waals surface area contributed by atoms with Gasteiger partial charge in [0.1, 0.15) is 5.82 Å². The van der Waals surface area contributed by atoms with Gasteiger partial charge in [-0.1, -0.05) is 6.07 Å². The van der Waals surface area contributed by atoms with Crippen molar-refractivity contribution in [1.29, 1.82) is 5.26 Å². The maximum atomic E-state index is 13.2. The summed E-state index contributed by atoms with van der Waals surface area (Å²) in [5, 5.41) is 11.9. The van der Waals surface area contributed by atoms with Gasteiger partial charge in [-0.15, -0.1) is 0 Å². The average Bonchev–Trinajstić information content (AvgIpc) is 2.96. The van der Waals surface area contributed by atoms with Crippen LogP contribution in [0.3, 0.4) is 0 Å². The second-order valence-corrected chi connectivity index (χ2v) is 5.85. The van der Waals surface area contributed by atoms with Crippen LogP contribution in [0.15, 0.2) is 18.2 Å². The fourth-order valence-electron chi connectivity index (χ4n) is 3.26. The molecule has 0 bridgehead atoms. The average molecular weight is 302 g/mol. The summed E-state index contributed by atoms with van der Waals surface area (Å²) < 4.78 is 13.2. The van der Waals surface area contributed by atoms with E-state index in [2.05, 4.69) is 16.3 Å². The molecule has 0 aromatic heterocycles. The summed E-state index contributed by atoms with van der Waals surface area (Å²) in [5.41, 5.74) is 1.27. The summed E-state index contributed by atoms with van der Waals surface area (Å²) in [6.07, 6.45) is 1.88. The zero-order chi connectivity index (χ0) is 15.5. The molecule has 22 heavy (non-hydrogen) atoms. The van der Waals surface area contributed by atoms with E-state index in [1.165, 1.54) is 12.1 Å². The molecule has 0 radical (unpaired) electrons. The van der Waals surface area contributed by atoms with E-state index in [-0.39, 0.29) is 11.8 Å². The Morgan fingerprint density at radius 3 is 2.73 bits per heavy atom. The van der Waals surface area contributed by atoms with Crippen LogP contribution >= 0.6 is 0 Å². The lowest BCUT2D eigenvalue weighted by Crippen LogP contribution is -2.45. The summed E-state index contributed by atoms with van der Waals surface area (Å²) >= 11 is 0. The number of nitrogens with zero attached hydrogens (tertiary/aromatic N) is 3.